The van der Waals surface area contributed by atoms with Crippen LogP contribution in [0.1, 0.15) is 16.1 Å². The standard InChI is InChI=1S/C40H31N3O5S/c44-38(41-30-16-20-33(21-17-30)47-32-14-8-3-9-15-32)27-49-35-23-18-31(19-24-35)42-40(46)36(43-39(45)29-12-6-2-7-13-29)26-34-22-25-37(48-34)28-10-4-1-5-11-28/h1-26H,27H2,(H,41,44)(H,42,46)(H,43,45)/b36-26+. The van der Waals surface area contributed by atoms with Crippen molar-refractivity contribution in [3.63, 3.8) is 0 Å². The second-order valence-corrected chi connectivity index (χ2v) is 11.7. The van der Waals surface area contributed by atoms with E-state index in [0.29, 0.717) is 34.2 Å². The zero-order chi connectivity index (χ0) is 33.8. The van der Waals surface area contributed by atoms with E-state index in [-0.39, 0.29) is 17.4 Å². The van der Waals surface area contributed by atoms with Gasteiger partial charge in [0.2, 0.25) is 5.91 Å². The molecule has 242 valence electrons. The van der Waals surface area contributed by atoms with Gasteiger partial charge in [-0.15, -0.1) is 11.8 Å². The average molecular weight is 666 g/mol. The number of rotatable bonds is 12. The number of anilines is 2. The molecule has 9 heteroatoms. The lowest BCUT2D eigenvalue weighted by Crippen LogP contribution is -2.30. The number of hydrogen-bond donors (Lipinski definition) is 3. The van der Waals surface area contributed by atoms with Gasteiger partial charge in [-0.2, -0.15) is 0 Å². The molecule has 5 aromatic carbocycles. The van der Waals surface area contributed by atoms with E-state index in [1.165, 1.54) is 17.8 Å². The predicted molar refractivity (Wildman–Crippen MR) is 193 cm³/mol. The molecule has 1 aromatic heterocycles. The van der Waals surface area contributed by atoms with Crippen LogP contribution >= 0.6 is 11.8 Å². The largest absolute Gasteiger partial charge is 0.457 e. The van der Waals surface area contributed by atoms with E-state index in [4.69, 9.17) is 9.15 Å². The van der Waals surface area contributed by atoms with E-state index in [1.807, 2.05) is 84.9 Å². The van der Waals surface area contributed by atoms with Gasteiger partial charge in [0.1, 0.15) is 28.7 Å². The molecule has 3 N–H and O–H groups in total. The Hall–Kier alpha value is -6.32. The molecular formula is C40H31N3O5S. The Morgan fingerprint density at radius 2 is 1.22 bits per heavy atom. The van der Waals surface area contributed by atoms with E-state index in [0.717, 1.165) is 16.2 Å². The fraction of sp³-hybridized carbons (Fsp3) is 0.0250. The molecule has 6 aromatic rings. The van der Waals surface area contributed by atoms with Crippen LogP contribution in [0.5, 0.6) is 11.5 Å². The lowest BCUT2D eigenvalue weighted by Gasteiger charge is -2.11. The van der Waals surface area contributed by atoms with Gasteiger partial charge in [-0.25, -0.2) is 0 Å². The summed E-state index contributed by atoms with van der Waals surface area (Å²) >= 11 is 1.36. The van der Waals surface area contributed by atoms with Crippen LogP contribution in [0.4, 0.5) is 11.4 Å². The molecule has 0 fully saturated rings. The van der Waals surface area contributed by atoms with Crippen molar-refractivity contribution in [2.45, 2.75) is 4.90 Å². The highest BCUT2D eigenvalue weighted by Gasteiger charge is 2.16. The molecule has 0 aliphatic rings. The summed E-state index contributed by atoms with van der Waals surface area (Å²) in [5.41, 5.74) is 2.49. The van der Waals surface area contributed by atoms with Crippen LogP contribution in [0.15, 0.2) is 167 Å². The Balaban J connectivity index is 1.06. The predicted octanol–water partition coefficient (Wildman–Crippen LogP) is 8.88. The van der Waals surface area contributed by atoms with Crippen LogP contribution in [0, 0.1) is 0 Å². The Morgan fingerprint density at radius 1 is 0.633 bits per heavy atom. The normalized spacial score (nSPS) is 11.0. The van der Waals surface area contributed by atoms with Crippen LogP contribution in [-0.4, -0.2) is 23.5 Å². The minimum Gasteiger partial charge on any atom is -0.457 e. The van der Waals surface area contributed by atoms with E-state index in [2.05, 4.69) is 16.0 Å². The zero-order valence-corrected chi connectivity index (χ0v) is 27.0. The van der Waals surface area contributed by atoms with Crippen LogP contribution < -0.4 is 20.7 Å². The van der Waals surface area contributed by atoms with Gasteiger partial charge in [0.05, 0.1) is 5.75 Å². The lowest BCUT2D eigenvalue weighted by atomic mass is 10.2. The molecule has 6 rings (SSSR count). The summed E-state index contributed by atoms with van der Waals surface area (Å²) in [5.74, 6) is 1.52. The first-order valence-electron chi connectivity index (χ1n) is 15.4. The number of carbonyl (C=O) groups excluding carboxylic acids is 3. The number of furan rings is 1. The first kappa shape index (κ1) is 32.6. The van der Waals surface area contributed by atoms with Crippen molar-refractivity contribution in [2.75, 3.05) is 16.4 Å². The smallest absolute Gasteiger partial charge is 0.272 e. The molecule has 0 bridgehead atoms. The Morgan fingerprint density at radius 3 is 1.92 bits per heavy atom. The number of ether oxygens (including phenoxy) is 1. The summed E-state index contributed by atoms with van der Waals surface area (Å²) in [6.45, 7) is 0. The van der Waals surface area contributed by atoms with Crippen LogP contribution in [0.2, 0.25) is 0 Å². The monoisotopic (exact) mass is 665 g/mol. The van der Waals surface area contributed by atoms with Crippen LogP contribution in [0.3, 0.4) is 0 Å². The third kappa shape index (κ3) is 9.37. The van der Waals surface area contributed by atoms with Crippen LogP contribution in [0.25, 0.3) is 17.4 Å². The molecule has 0 saturated heterocycles. The van der Waals surface area contributed by atoms with E-state index >= 15 is 0 Å². The highest BCUT2D eigenvalue weighted by atomic mass is 32.2. The highest BCUT2D eigenvalue weighted by molar-refractivity contribution is 8.00. The van der Waals surface area contributed by atoms with Crippen molar-refractivity contribution in [1.82, 2.24) is 5.32 Å². The van der Waals surface area contributed by atoms with E-state index in [9.17, 15) is 14.4 Å². The summed E-state index contributed by atoms with van der Waals surface area (Å²) in [6, 6.07) is 45.5. The third-order valence-corrected chi connectivity index (χ3v) is 8.11. The van der Waals surface area contributed by atoms with Crippen molar-refractivity contribution in [1.29, 1.82) is 0 Å². The molecule has 49 heavy (non-hydrogen) atoms. The lowest BCUT2D eigenvalue weighted by molar-refractivity contribution is -0.114. The van der Waals surface area contributed by atoms with Gasteiger partial charge >= 0.3 is 0 Å². The summed E-state index contributed by atoms with van der Waals surface area (Å²) in [4.78, 5) is 39.9. The van der Waals surface area contributed by atoms with E-state index < -0.39 is 11.8 Å². The molecule has 0 radical (unpaired) electrons. The SMILES string of the molecule is O=C(CSc1ccc(NC(=O)/C(=C\c2ccc(-c3ccccc3)o2)NC(=O)c2ccccc2)cc1)Nc1ccc(Oc2ccccc2)cc1. The molecular weight excluding hydrogens is 635 g/mol. The molecule has 0 unspecified atom stereocenters. The summed E-state index contributed by atoms with van der Waals surface area (Å²) in [7, 11) is 0. The molecule has 0 atom stereocenters. The molecule has 0 aliphatic heterocycles. The molecule has 0 aliphatic carbocycles. The van der Waals surface area contributed by atoms with Crippen molar-refractivity contribution in [3.05, 3.63) is 169 Å². The van der Waals surface area contributed by atoms with Crippen molar-refractivity contribution in [2.24, 2.45) is 0 Å². The molecule has 0 saturated carbocycles. The number of amides is 3. The fourth-order valence-electron chi connectivity index (χ4n) is 4.68. The topological polar surface area (TPSA) is 110 Å². The van der Waals surface area contributed by atoms with E-state index in [1.54, 1.807) is 66.7 Å². The second-order valence-electron chi connectivity index (χ2n) is 10.7. The van der Waals surface area contributed by atoms with Gasteiger partial charge < -0.3 is 25.1 Å². The number of para-hydroxylation sites is 1. The molecule has 8 nitrogen and oxygen atoms in total. The summed E-state index contributed by atoms with van der Waals surface area (Å²) in [6.07, 6.45) is 1.50. The Labute approximate surface area is 287 Å². The zero-order valence-electron chi connectivity index (χ0n) is 26.2. The summed E-state index contributed by atoms with van der Waals surface area (Å²) < 4.78 is 11.8. The van der Waals surface area contributed by atoms with Crippen LogP contribution in [-0.2, 0) is 9.59 Å². The first-order valence-corrected chi connectivity index (χ1v) is 16.4. The number of benzene rings is 5. The van der Waals surface area contributed by atoms with Gasteiger partial charge in [-0.1, -0.05) is 66.7 Å². The average Bonchev–Trinajstić information content (AvgIpc) is 3.62. The molecule has 1 heterocycles. The minimum atomic E-state index is -0.526. The third-order valence-electron chi connectivity index (χ3n) is 7.10. The molecule has 3 amide bonds. The molecule has 0 spiro atoms. The number of nitrogens with one attached hydrogen (secondary N) is 3. The number of thioether (sulfide) groups is 1. The number of hydrogen-bond acceptors (Lipinski definition) is 6. The Kier molecular flexibility index (Phi) is 10.6. The maximum atomic E-state index is 13.4. The van der Waals surface area contributed by atoms with Crippen molar-refractivity contribution < 1.29 is 23.5 Å². The first-order chi connectivity index (χ1) is 24.0. The van der Waals surface area contributed by atoms with Gasteiger partial charge in [-0.3, -0.25) is 14.4 Å². The second kappa shape index (κ2) is 16.0. The maximum absolute atomic E-state index is 13.4. The summed E-state index contributed by atoms with van der Waals surface area (Å²) in [5, 5.41) is 8.45. The van der Waals surface area contributed by atoms with Gasteiger partial charge in [0, 0.05) is 33.5 Å². The quantitative estimate of drug-likeness (QED) is 0.0890. The van der Waals surface area contributed by atoms with Gasteiger partial charge in [0.15, 0.2) is 0 Å². The van der Waals surface area contributed by atoms with Crippen molar-refractivity contribution in [3.8, 4) is 22.8 Å². The highest BCUT2D eigenvalue weighted by Crippen LogP contribution is 2.25. The maximum Gasteiger partial charge on any atom is 0.272 e. The van der Waals surface area contributed by atoms with Gasteiger partial charge in [0.25, 0.3) is 11.8 Å². The Bertz CT molecular complexity index is 2050. The number of carbonyl (C=O) groups is 3. The minimum absolute atomic E-state index is 0.0117. The van der Waals surface area contributed by atoms with Crippen molar-refractivity contribution >= 4 is 46.9 Å². The van der Waals surface area contributed by atoms with Gasteiger partial charge in [-0.05, 0) is 84.9 Å². The fourth-order valence-corrected chi connectivity index (χ4v) is 5.38.